The Morgan fingerprint density at radius 2 is 0.552 bits per heavy atom. The van der Waals surface area contributed by atoms with Crippen LogP contribution in [0.1, 0.15) is 450 Å². The van der Waals surface area contributed by atoms with E-state index in [1.54, 1.807) is 0 Å². The smallest absolute Gasteiger partial charge is 0.297 e. The van der Waals surface area contributed by atoms with Crippen molar-refractivity contribution in [2.75, 3.05) is 19.6 Å². The Morgan fingerprint density at radius 1 is 0.269 bits per heavy atom. The molecule has 0 saturated carbocycles. The summed E-state index contributed by atoms with van der Waals surface area (Å²) in [6.45, 7) is 88.3. The summed E-state index contributed by atoms with van der Waals surface area (Å²) >= 11 is 0. The van der Waals surface area contributed by atoms with Crippen molar-refractivity contribution in [1.29, 1.82) is 0 Å². The van der Waals surface area contributed by atoms with Crippen molar-refractivity contribution < 1.29 is 8.83 Å². The number of hydrogen-bond acceptors (Lipinski definition) is 6. The van der Waals surface area contributed by atoms with E-state index in [9.17, 15) is 0 Å². The lowest BCUT2D eigenvalue weighted by Gasteiger charge is -2.49. The highest BCUT2D eigenvalue weighted by molar-refractivity contribution is 7.00. The molecule has 1 atom stereocenters. The Morgan fingerprint density at radius 3 is 0.948 bits per heavy atom. The maximum Gasteiger partial charge on any atom is 0.297 e. The summed E-state index contributed by atoms with van der Waals surface area (Å²) in [5.74, 6) is 2.36. The van der Waals surface area contributed by atoms with Crippen LogP contribution in [-0.2, 0) is 92.1 Å². The first-order valence-electron chi connectivity index (χ1n) is 52.8. The monoisotopic (exact) mass is 1780 g/mol. The normalized spacial score (nSPS) is 24.2. The number of benzene rings is 8. The Labute approximate surface area is 809 Å². The minimum absolute atomic E-state index is 0.00419. The number of fused-ring (bicyclic) bond motifs is 18. The molecule has 8 heteroatoms. The van der Waals surface area contributed by atoms with Gasteiger partial charge in [0, 0.05) is 78.8 Å². The van der Waals surface area contributed by atoms with Crippen LogP contribution < -0.4 is 52.8 Å². The number of hydrogen-bond donors (Lipinski definition) is 0. The second-order valence-electron chi connectivity index (χ2n) is 56.9. The number of rotatable bonds is 8. The van der Waals surface area contributed by atoms with Gasteiger partial charge in [0.25, 0.3) is 13.4 Å². The van der Waals surface area contributed by atoms with Crippen molar-refractivity contribution >= 4 is 115 Å². The molecule has 8 aliphatic carbocycles. The lowest BCUT2D eigenvalue weighted by molar-refractivity contribution is 0.272. The van der Waals surface area contributed by atoms with Crippen LogP contribution in [0.5, 0.6) is 0 Å². The summed E-state index contributed by atoms with van der Waals surface area (Å²) < 4.78 is 16.6. The molecule has 2 aromatic heterocycles. The number of nitrogens with zero attached hydrogens (tertiary/aromatic N) is 4. The largest absolute Gasteiger partial charge is 0.472 e. The highest BCUT2D eigenvalue weighted by Gasteiger charge is 2.59. The molecular weight excluding hydrogens is 1620 g/mol. The second kappa shape index (κ2) is 27.8. The first-order chi connectivity index (χ1) is 62.0. The van der Waals surface area contributed by atoms with Crippen molar-refractivity contribution in [2.24, 2.45) is 0 Å². The maximum atomic E-state index is 8.28. The number of anilines is 12. The molecule has 0 saturated heterocycles. The fourth-order valence-corrected chi connectivity index (χ4v) is 29.3. The Bertz CT molecular complexity index is 6750. The number of aryl methyl sites for hydroxylation is 2. The second-order valence-corrected chi connectivity index (χ2v) is 56.9. The molecule has 6 heterocycles. The van der Waals surface area contributed by atoms with Crippen LogP contribution in [-0.4, -0.2) is 13.4 Å². The number of furan rings is 2. The van der Waals surface area contributed by atoms with Crippen molar-refractivity contribution in [3.8, 4) is 0 Å². The predicted molar refractivity (Wildman–Crippen MR) is 574 cm³/mol. The summed E-state index contributed by atoms with van der Waals surface area (Å²) in [6, 6.07) is 50.5. The van der Waals surface area contributed by atoms with E-state index in [1.807, 2.05) is 0 Å². The SMILES string of the molecule is Cc1cc2c3c(c1)N(c1ccc4c(c1)C(C)(C)CCC4(C)C)c1c(oc4c1C(C)(C)CCC4(C)C)B3c1cc3c(cc1N2c1ccc2c(c1)C(C)(C)CCC2(C)C)C(C)(C)CCC3(C)CCC(C)(C)c1cc2c3c(c1)N(c1ccc4c(c1)C(C)(C)CCC4(C)C)c1c(oc4c1C(C)(C)CCC4(C)C)B3c1cc3c(cc1N2c1cc2c(cc1C)C(C)(C)CCC2(C)C)C(C)(C)CCC3(C)C. The minimum atomic E-state index is -0.353. The van der Waals surface area contributed by atoms with E-state index in [2.05, 4.69) is 377 Å². The van der Waals surface area contributed by atoms with Crippen LogP contribution in [0.2, 0.25) is 0 Å². The molecule has 0 spiro atoms. The van der Waals surface area contributed by atoms with Crippen LogP contribution >= 0.6 is 0 Å². The van der Waals surface area contributed by atoms with Crippen LogP contribution in [0.3, 0.4) is 0 Å². The third-order valence-electron chi connectivity index (χ3n) is 39.8. The fraction of sp³-hybridized carbons (Fsp3) is 0.556. The van der Waals surface area contributed by atoms with Gasteiger partial charge in [0.2, 0.25) is 0 Å². The first-order valence-corrected chi connectivity index (χ1v) is 52.8. The van der Waals surface area contributed by atoms with Gasteiger partial charge in [0.15, 0.2) is 0 Å². The van der Waals surface area contributed by atoms with Gasteiger partial charge < -0.3 is 28.4 Å². The van der Waals surface area contributed by atoms with Crippen molar-refractivity contribution in [3.63, 3.8) is 0 Å². The molecule has 0 fully saturated rings. The van der Waals surface area contributed by atoms with Crippen LogP contribution in [0.4, 0.5) is 68.2 Å². The van der Waals surface area contributed by atoms with Gasteiger partial charge in [-0.25, -0.2) is 0 Å². The zero-order valence-electron chi connectivity index (χ0n) is 89.5. The molecule has 1 unspecified atom stereocenters. The zero-order chi connectivity index (χ0) is 95.9. The van der Waals surface area contributed by atoms with Gasteiger partial charge in [-0.15, -0.1) is 0 Å². The summed E-state index contributed by atoms with van der Waals surface area (Å²) in [5, 5.41) is 0. The molecule has 8 aromatic carbocycles. The molecule has 0 amide bonds. The third kappa shape index (κ3) is 12.9. The molecule has 22 rings (SSSR count). The lowest BCUT2D eigenvalue weighted by atomic mass is 9.34. The van der Waals surface area contributed by atoms with E-state index in [4.69, 9.17) is 8.83 Å². The van der Waals surface area contributed by atoms with Gasteiger partial charge in [-0.05, 0) is 395 Å². The zero-order valence-corrected chi connectivity index (χ0v) is 89.5. The molecule has 702 valence electrons. The summed E-state index contributed by atoms with van der Waals surface area (Å²) in [7, 11) is 0. The van der Waals surface area contributed by atoms with Gasteiger partial charge in [-0.3, -0.25) is 0 Å². The molecule has 0 bridgehead atoms. The van der Waals surface area contributed by atoms with Gasteiger partial charge in [-0.2, -0.15) is 0 Å². The van der Waals surface area contributed by atoms with E-state index in [-0.39, 0.29) is 105 Å². The molecule has 0 radical (unpaired) electrons. The fourth-order valence-electron chi connectivity index (χ4n) is 29.3. The first kappa shape index (κ1) is 90.8. The van der Waals surface area contributed by atoms with E-state index < -0.39 is 0 Å². The maximum absolute atomic E-state index is 8.28. The van der Waals surface area contributed by atoms with Gasteiger partial charge >= 0.3 is 0 Å². The predicted octanol–water partition coefficient (Wildman–Crippen LogP) is 31.2. The highest BCUT2D eigenvalue weighted by Crippen LogP contribution is 2.64. The lowest BCUT2D eigenvalue weighted by Crippen LogP contribution is -2.61. The molecule has 10 aromatic rings. The van der Waals surface area contributed by atoms with E-state index >= 15 is 0 Å². The minimum Gasteiger partial charge on any atom is -0.472 e. The third-order valence-corrected chi connectivity index (χ3v) is 39.8. The highest BCUT2D eigenvalue weighted by atomic mass is 16.3. The summed E-state index contributed by atoms with van der Waals surface area (Å²) in [6.07, 6.45) is 20.0. The van der Waals surface area contributed by atoms with Crippen molar-refractivity contribution in [2.45, 2.75) is 450 Å². The van der Waals surface area contributed by atoms with E-state index in [0.717, 1.165) is 101 Å². The Balaban J connectivity index is 0.784. The average molecular weight is 1780 g/mol. The van der Waals surface area contributed by atoms with Crippen molar-refractivity contribution in [1.82, 2.24) is 0 Å². The van der Waals surface area contributed by atoms with E-state index in [1.165, 1.54) is 222 Å². The van der Waals surface area contributed by atoms with Crippen molar-refractivity contribution in [3.05, 3.63) is 221 Å². The van der Waals surface area contributed by atoms with Crippen LogP contribution in [0, 0.1) is 13.8 Å². The molecular formula is C126H160B2N4O2. The standard InChI is InChI=1S/C126H160B2N4O2/c1-73-60-96-102-97(61-73)130(77-37-40-80-84(66-77)116(15,16)46-43-112(80,7)8)104-100-106(124(31,32)54-52-122(100,27)28)133-108(104)128(102)92-69-90-89(72-94(92)129(96)76-36-39-79-83(65-76)115(13,14)45-42-111(79,5)6)121(25,26)57-59-126(90,35)58-56-110(3,4)75-63-98-103-99(64-75)132(93-70-87-82(62-74(93)2)114(11,12)48-50-119(87,21)22)95-71-88-86(118(19,20)49-51-120(88,23)24)68-91(95)127(103)109-105(101-107(134-109)125(33,34)55-53-123(101,29)30)131(98)78-38-41-81-85(67-78)117(17,18)47-44-113(81,9)10/h36-41,60-72H,42-59H2,1-35H3. The molecule has 12 aliphatic rings. The molecule has 4 aliphatic heterocycles. The molecule has 0 N–H and O–H groups in total. The summed E-state index contributed by atoms with van der Waals surface area (Å²) in [5.41, 5.74) is 46.6. The van der Waals surface area contributed by atoms with Crippen LogP contribution in [0.15, 0.2) is 124 Å². The molecule has 134 heavy (non-hydrogen) atoms. The van der Waals surface area contributed by atoms with Gasteiger partial charge in [-0.1, -0.05) is 265 Å². The average Bonchev–Trinajstić information content (AvgIpc) is 1.37. The molecule has 6 nitrogen and oxygen atoms in total. The van der Waals surface area contributed by atoms with Crippen LogP contribution in [0.25, 0.3) is 0 Å². The van der Waals surface area contributed by atoms with E-state index in [0.29, 0.717) is 0 Å². The van der Waals surface area contributed by atoms with Gasteiger partial charge in [0.1, 0.15) is 11.5 Å². The Kier molecular flexibility index (Phi) is 18.9. The Hall–Kier alpha value is -8.35. The quantitative estimate of drug-likeness (QED) is 0.141. The van der Waals surface area contributed by atoms with Gasteiger partial charge in [0.05, 0.1) is 22.7 Å². The summed E-state index contributed by atoms with van der Waals surface area (Å²) in [4.78, 5) is 11.3. The topological polar surface area (TPSA) is 39.2 Å².